The second-order valence-electron chi connectivity index (χ2n) is 4.94. The summed E-state index contributed by atoms with van der Waals surface area (Å²) < 4.78 is 1.71. The standard InChI is InChI=1S/C13H21N5O/c1-2-3-7-18-12(15)11(8-14)13(16-18)17-6-4-5-10(17)9-19/h10,19H,2-7,9,15H2,1H3. The van der Waals surface area contributed by atoms with Crippen molar-refractivity contribution in [3.05, 3.63) is 5.56 Å². The zero-order valence-corrected chi connectivity index (χ0v) is 11.3. The van der Waals surface area contributed by atoms with Gasteiger partial charge in [-0.1, -0.05) is 13.3 Å². The molecule has 0 amide bonds. The number of hydrogen-bond acceptors (Lipinski definition) is 5. The zero-order valence-electron chi connectivity index (χ0n) is 11.3. The van der Waals surface area contributed by atoms with E-state index in [0.717, 1.165) is 38.8 Å². The molecule has 1 saturated heterocycles. The van der Waals surface area contributed by atoms with Crippen LogP contribution < -0.4 is 10.6 Å². The predicted octanol–water partition coefficient (Wildman–Crippen LogP) is 1.10. The van der Waals surface area contributed by atoms with E-state index in [-0.39, 0.29) is 12.6 Å². The lowest BCUT2D eigenvalue weighted by Gasteiger charge is -2.22. The van der Waals surface area contributed by atoms with Crippen LogP contribution in [-0.4, -0.2) is 34.1 Å². The van der Waals surface area contributed by atoms with Crippen LogP contribution in [0.25, 0.3) is 0 Å². The Balaban J connectivity index is 2.32. The molecule has 6 heteroatoms. The van der Waals surface area contributed by atoms with Crippen molar-refractivity contribution in [1.29, 1.82) is 5.26 Å². The van der Waals surface area contributed by atoms with Crippen molar-refractivity contribution in [1.82, 2.24) is 9.78 Å². The molecule has 6 nitrogen and oxygen atoms in total. The molecule has 1 unspecified atom stereocenters. The normalized spacial score (nSPS) is 18.8. The van der Waals surface area contributed by atoms with Gasteiger partial charge >= 0.3 is 0 Å². The monoisotopic (exact) mass is 263 g/mol. The highest BCUT2D eigenvalue weighted by Crippen LogP contribution is 2.30. The second kappa shape index (κ2) is 5.93. The van der Waals surface area contributed by atoms with Crippen molar-refractivity contribution < 1.29 is 5.11 Å². The third-order valence-electron chi connectivity index (χ3n) is 3.67. The van der Waals surface area contributed by atoms with Gasteiger partial charge in [0.15, 0.2) is 5.82 Å². The van der Waals surface area contributed by atoms with E-state index in [2.05, 4.69) is 18.1 Å². The number of aryl methyl sites for hydroxylation is 1. The summed E-state index contributed by atoms with van der Waals surface area (Å²) in [6.45, 7) is 3.75. The van der Waals surface area contributed by atoms with Crippen LogP contribution in [0.1, 0.15) is 38.2 Å². The number of anilines is 2. The smallest absolute Gasteiger partial charge is 0.171 e. The number of nitrogens with zero attached hydrogens (tertiary/aromatic N) is 4. The Morgan fingerprint density at radius 1 is 1.58 bits per heavy atom. The van der Waals surface area contributed by atoms with Crippen molar-refractivity contribution in [2.24, 2.45) is 0 Å². The first kappa shape index (κ1) is 13.7. The third kappa shape index (κ3) is 2.51. The van der Waals surface area contributed by atoms with Crippen molar-refractivity contribution in [3.63, 3.8) is 0 Å². The first-order valence-corrected chi connectivity index (χ1v) is 6.86. The number of nitrogen functional groups attached to an aromatic ring is 1. The predicted molar refractivity (Wildman–Crippen MR) is 73.7 cm³/mol. The first-order chi connectivity index (χ1) is 9.22. The molecule has 2 heterocycles. The molecule has 104 valence electrons. The minimum absolute atomic E-state index is 0.0565. The number of nitriles is 1. The molecule has 1 aliphatic heterocycles. The number of aliphatic hydroxyl groups is 1. The Kier molecular flexibility index (Phi) is 4.27. The van der Waals surface area contributed by atoms with E-state index >= 15 is 0 Å². The van der Waals surface area contributed by atoms with Gasteiger partial charge in [-0.3, -0.25) is 0 Å². The molecule has 0 aliphatic carbocycles. The van der Waals surface area contributed by atoms with Crippen LogP contribution in [0, 0.1) is 11.3 Å². The van der Waals surface area contributed by atoms with Gasteiger partial charge in [-0.25, -0.2) is 4.68 Å². The first-order valence-electron chi connectivity index (χ1n) is 6.86. The average molecular weight is 263 g/mol. The summed E-state index contributed by atoms with van der Waals surface area (Å²) in [7, 11) is 0. The Morgan fingerprint density at radius 2 is 2.37 bits per heavy atom. The van der Waals surface area contributed by atoms with Gasteiger partial charge in [0.25, 0.3) is 0 Å². The lowest BCUT2D eigenvalue weighted by Crippen LogP contribution is -2.33. The van der Waals surface area contributed by atoms with E-state index in [4.69, 9.17) is 5.73 Å². The number of aromatic nitrogens is 2. The van der Waals surface area contributed by atoms with Gasteiger partial charge in [0.1, 0.15) is 17.5 Å². The molecule has 0 saturated carbocycles. The maximum Gasteiger partial charge on any atom is 0.171 e. The van der Waals surface area contributed by atoms with Crippen LogP contribution in [0.3, 0.4) is 0 Å². The number of nitrogens with two attached hydrogens (primary N) is 1. The summed E-state index contributed by atoms with van der Waals surface area (Å²) >= 11 is 0. The van der Waals surface area contributed by atoms with Crippen molar-refractivity contribution in [3.8, 4) is 6.07 Å². The van der Waals surface area contributed by atoms with Gasteiger partial charge in [0, 0.05) is 13.1 Å². The van der Waals surface area contributed by atoms with E-state index in [1.165, 1.54) is 0 Å². The van der Waals surface area contributed by atoms with Crippen LogP contribution >= 0.6 is 0 Å². The van der Waals surface area contributed by atoms with Gasteiger partial charge in [-0.05, 0) is 19.3 Å². The fourth-order valence-corrected chi connectivity index (χ4v) is 2.55. The van der Waals surface area contributed by atoms with E-state index in [1.54, 1.807) is 4.68 Å². The van der Waals surface area contributed by atoms with Gasteiger partial charge in [-0.15, -0.1) is 0 Å². The Morgan fingerprint density at radius 3 is 3.00 bits per heavy atom. The highest BCUT2D eigenvalue weighted by atomic mass is 16.3. The molecule has 3 N–H and O–H groups in total. The second-order valence-corrected chi connectivity index (χ2v) is 4.94. The van der Waals surface area contributed by atoms with Crippen LogP contribution in [-0.2, 0) is 6.54 Å². The molecule has 1 fully saturated rings. The van der Waals surface area contributed by atoms with Crippen LogP contribution in [0.2, 0.25) is 0 Å². The molecule has 0 bridgehead atoms. The number of hydrogen-bond donors (Lipinski definition) is 2. The maximum atomic E-state index is 9.39. The molecule has 2 rings (SSSR count). The third-order valence-corrected chi connectivity index (χ3v) is 3.67. The van der Waals surface area contributed by atoms with E-state index in [1.807, 2.05) is 4.90 Å². The number of aliphatic hydroxyl groups excluding tert-OH is 1. The van der Waals surface area contributed by atoms with E-state index in [0.29, 0.717) is 17.2 Å². The molecule has 1 aliphatic rings. The van der Waals surface area contributed by atoms with Crippen molar-refractivity contribution in [2.45, 2.75) is 45.2 Å². The van der Waals surface area contributed by atoms with Crippen molar-refractivity contribution >= 4 is 11.6 Å². The average Bonchev–Trinajstić information content (AvgIpc) is 3.00. The molecule has 0 spiro atoms. The molecule has 0 aromatic carbocycles. The molecular formula is C13H21N5O. The highest BCUT2D eigenvalue weighted by Gasteiger charge is 2.29. The van der Waals surface area contributed by atoms with Gasteiger partial charge in [0.05, 0.1) is 12.6 Å². The molecular weight excluding hydrogens is 242 g/mol. The minimum atomic E-state index is 0.0565. The molecule has 1 atom stereocenters. The Labute approximate surface area is 113 Å². The molecule has 19 heavy (non-hydrogen) atoms. The molecule has 1 aromatic rings. The van der Waals surface area contributed by atoms with E-state index < -0.39 is 0 Å². The quantitative estimate of drug-likeness (QED) is 0.830. The summed E-state index contributed by atoms with van der Waals surface area (Å²) in [5, 5.41) is 23.2. The maximum absolute atomic E-state index is 9.39. The summed E-state index contributed by atoms with van der Waals surface area (Å²) in [4.78, 5) is 2.01. The van der Waals surface area contributed by atoms with Gasteiger partial charge in [0.2, 0.25) is 0 Å². The molecule has 0 radical (unpaired) electrons. The van der Waals surface area contributed by atoms with Crippen LogP contribution in [0.4, 0.5) is 11.6 Å². The Hall–Kier alpha value is -1.74. The summed E-state index contributed by atoms with van der Waals surface area (Å²) in [5.41, 5.74) is 6.44. The number of unbranched alkanes of at least 4 members (excludes halogenated alkanes) is 1. The fourth-order valence-electron chi connectivity index (χ4n) is 2.55. The van der Waals surface area contributed by atoms with Gasteiger partial charge in [-0.2, -0.15) is 10.4 Å². The zero-order chi connectivity index (χ0) is 13.8. The van der Waals surface area contributed by atoms with E-state index in [9.17, 15) is 10.4 Å². The lowest BCUT2D eigenvalue weighted by molar-refractivity contribution is 0.266. The minimum Gasteiger partial charge on any atom is -0.394 e. The van der Waals surface area contributed by atoms with Crippen LogP contribution in [0.5, 0.6) is 0 Å². The number of rotatable bonds is 5. The topological polar surface area (TPSA) is 91.1 Å². The summed E-state index contributed by atoms with van der Waals surface area (Å²) in [6.07, 6.45) is 3.99. The summed E-state index contributed by atoms with van der Waals surface area (Å²) in [5.74, 6) is 1.07. The van der Waals surface area contributed by atoms with Crippen LogP contribution in [0.15, 0.2) is 0 Å². The Bertz CT molecular complexity index is 476. The summed E-state index contributed by atoms with van der Waals surface area (Å²) in [6, 6.07) is 2.21. The lowest BCUT2D eigenvalue weighted by atomic mass is 10.2. The fraction of sp³-hybridized carbons (Fsp3) is 0.692. The SMILES string of the molecule is CCCCn1nc(N2CCCC2CO)c(C#N)c1N. The van der Waals surface area contributed by atoms with Crippen molar-refractivity contribution in [2.75, 3.05) is 23.8 Å². The highest BCUT2D eigenvalue weighted by molar-refractivity contribution is 5.65. The molecule has 1 aromatic heterocycles. The largest absolute Gasteiger partial charge is 0.394 e. The van der Waals surface area contributed by atoms with Gasteiger partial charge < -0.3 is 15.7 Å².